The molecular weight excluding hydrogens is 338 g/mol. The van der Waals surface area contributed by atoms with Gasteiger partial charge in [0.1, 0.15) is 18.0 Å². The molecule has 0 saturated carbocycles. The van der Waals surface area contributed by atoms with Crippen molar-refractivity contribution >= 4 is 28.9 Å². The summed E-state index contributed by atoms with van der Waals surface area (Å²) in [5.74, 6) is 0.867. The number of carbonyl (C=O) groups is 1. The van der Waals surface area contributed by atoms with E-state index in [1.807, 2.05) is 41.2 Å². The van der Waals surface area contributed by atoms with Gasteiger partial charge in [0.05, 0.1) is 23.8 Å². The number of benzene rings is 1. The molecule has 0 spiro atoms. The standard InChI is InChI=1S/C17H17N5O2S/c23-17-21(8-9-24-17)7-4-10-25-16-14-11-20-22(15(14)18-12-19-16)13-5-2-1-3-6-13/h1-3,5-6,11-12H,4,7-10H2. The number of carbonyl (C=O) groups excluding carboxylic acids is 1. The number of nitrogens with zero attached hydrogens (tertiary/aromatic N) is 5. The smallest absolute Gasteiger partial charge is 0.409 e. The number of cyclic esters (lactones) is 1. The topological polar surface area (TPSA) is 73.1 Å². The molecule has 0 unspecified atom stereocenters. The van der Waals surface area contributed by atoms with Crippen LogP contribution in [-0.4, -0.2) is 56.2 Å². The molecular formula is C17H17N5O2S. The predicted octanol–water partition coefficient (Wildman–Crippen LogP) is 2.75. The molecule has 1 aliphatic rings. The summed E-state index contributed by atoms with van der Waals surface area (Å²) in [7, 11) is 0. The Morgan fingerprint density at radius 2 is 2.08 bits per heavy atom. The highest BCUT2D eigenvalue weighted by Crippen LogP contribution is 2.26. The van der Waals surface area contributed by atoms with Crippen molar-refractivity contribution < 1.29 is 9.53 Å². The quantitative estimate of drug-likeness (QED) is 0.385. The molecule has 1 aliphatic heterocycles. The van der Waals surface area contributed by atoms with Crippen LogP contribution in [0.1, 0.15) is 6.42 Å². The summed E-state index contributed by atoms with van der Waals surface area (Å²) in [4.78, 5) is 21.9. The number of hydrogen-bond acceptors (Lipinski definition) is 6. The number of ether oxygens (including phenoxy) is 1. The highest BCUT2D eigenvalue weighted by molar-refractivity contribution is 7.99. The first-order valence-electron chi connectivity index (χ1n) is 8.11. The van der Waals surface area contributed by atoms with Crippen molar-refractivity contribution in [2.24, 2.45) is 0 Å². The van der Waals surface area contributed by atoms with Crippen LogP contribution in [0.4, 0.5) is 4.79 Å². The van der Waals surface area contributed by atoms with Crippen molar-refractivity contribution in [3.8, 4) is 5.69 Å². The second-order valence-electron chi connectivity index (χ2n) is 5.61. The number of rotatable bonds is 6. The van der Waals surface area contributed by atoms with Crippen LogP contribution in [0.15, 0.2) is 47.9 Å². The normalized spacial score (nSPS) is 14.2. The van der Waals surface area contributed by atoms with Crippen LogP contribution in [0.2, 0.25) is 0 Å². The average molecular weight is 355 g/mol. The molecule has 0 atom stereocenters. The third kappa shape index (κ3) is 3.30. The largest absolute Gasteiger partial charge is 0.448 e. The van der Waals surface area contributed by atoms with E-state index in [2.05, 4.69) is 15.1 Å². The van der Waals surface area contributed by atoms with Crippen molar-refractivity contribution in [2.45, 2.75) is 11.4 Å². The highest BCUT2D eigenvalue weighted by Gasteiger charge is 2.21. The van der Waals surface area contributed by atoms with Crippen molar-refractivity contribution in [1.29, 1.82) is 0 Å². The third-order valence-corrected chi connectivity index (χ3v) is 5.08. The maximum Gasteiger partial charge on any atom is 0.409 e. The van der Waals surface area contributed by atoms with Gasteiger partial charge in [0.25, 0.3) is 0 Å². The molecule has 0 aliphatic carbocycles. The highest BCUT2D eigenvalue weighted by atomic mass is 32.2. The zero-order valence-electron chi connectivity index (χ0n) is 13.5. The van der Waals surface area contributed by atoms with Crippen LogP contribution < -0.4 is 0 Å². The fraction of sp³-hybridized carbons (Fsp3) is 0.294. The minimum absolute atomic E-state index is 0.210. The van der Waals surface area contributed by atoms with E-state index in [-0.39, 0.29) is 6.09 Å². The Hall–Kier alpha value is -2.61. The van der Waals surface area contributed by atoms with Crippen LogP contribution in [0, 0.1) is 0 Å². The summed E-state index contributed by atoms with van der Waals surface area (Å²) in [6.45, 7) is 1.89. The van der Waals surface area contributed by atoms with Gasteiger partial charge in [-0.15, -0.1) is 11.8 Å². The zero-order chi connectivity index (χ0) is 17.1. The van der Waals surface area contributed by atoms with Gasteiger partial charge >= 0.3 is 6.09 Å². The van der Waals surface area contributed by atoms with Gasteiger partial charge in [0.2, 0.25) is 0 Å². The Morgan fingerprint density at radius 3 is 2.88 bits per heavy atom. The monoisotopic (exact) mass is 355 g/mol. The molecule has 3 heterocycles. The van der Waals surface area contributed by atoms with E-state index in [9.17, 15) is 4.79 Å². The van der Waals surface area contributed by atoms with Gasteiger partial charge in [0, 0.05) is 12.3 Å². The zero-order valence-corrected chi connectivity index (χ0v) is 14.4. The second-order valence-corrected chi connectivity index (χ2v) is 6.70. The Bertz CT molecular complexity index is 883. The van der Waals surface area contributed by atoms with Gasteiger partial charge in [0.15, 0.2) is 5.65 Å². The molecule has 128 valence electrons. The summed E-state index contributed by atoms with van der Waals surface area (Å²) in [5.41, 5.74) is 1.77. The molecule has 1 saturated heterocycles. The van der Waals surface area contributed by atoms with Crippen LogP contribution in [0.25, 0.3) is 16.7 Å². The first-order valence-corrected chi connectivity index (χ1v) is 9.10. The number of hydrogen-bond donors (Lipinski definition) is 0. The molecule has 3 aromatic rings. The van der Waals surface area contributed by atoms with Crippen molar-refractivity contribution in [1.82, 2.24) is 24.6 Å². The minimum atomic E-state index is -0.210. The lowest BCUT2D eigenvalue weighted by Gasteiger charge is -2.11. The first-order chi connectivity index (χ1) is 12.3. The van der Waals surface area contributed by atoms with Crippen LogP contribution in [0.5, 0.6) is 0 Å². The van der Waals surface area contributed by atoms with Crippen LogP contribution in [0.3, 0.4) is 0 Å². The molecule has 2 aromatic heterocycles. The number of aromatic nitrogens is 4. The molecule has 25 heavy (non-hydrogen) atoms. The molecule has 1 fully saturated rings. The van der Waals surface area contributed by atoms with E-state index < -0.39 is 0 Å². The summed E-state index contributed by atoms with van der Waals surface area (Å²) < 4.78 is 6.75. The number of thioether (sulfide) groups is 1. The van der Waals surface area contributed by atoms with Gasteiger partial charge in [-0.3, -0.25) is 0 Å². The average Bonchev–Trinajstić information content (AvgIpc) is 3.26. The number of fused-ring (bicyclic) bond motifs is 1. The van der Waals surface area contributed by atoms with Crippen LogP contribution in [-0.2, 0) is 4.74 Å². The maximum atomic E-state index is 11.4. The Kier molecular flexibility index (Phi) is 4.51. The van der Waals surface area contributed by atoms with E-state index in [0.29, 0.717) is 19.7 Å². The third-order valence-electron chi connectivity index (χ3n) is 3.99. The fourth-order valence-electron chi connectivity index (χ4n) is 2.75. The summed E-state index contributed by atoms with van der Waals surface area (Å²) in [6.07, 6.45) is 4.06. The summed E-state index contributed by atoms with van der Waals surface area (Å²) in [6, 6.07) is 9.92. The minimum Gasteiger partial charge on any atom is -0.448 e. The lowest BCUT2D eigenvalue weighted by molar-refractivity contribution is 0.158. The van der Waals surface area contributed by atoms with Gasteiger partial charge in [-0.2, -0.15) is 5.10 Å². The molecule has 0 bridgehead atoms. The van der Waals surface area contributed by atoms with Gasteiger partial charge in [-0.05, 0) is 18.6 Å². The van der Waals surface area contributed by atoms with Crippen molar-refractivity contribution in [2.75, 3.05) is 25.4 Å². The molecule has 1 aromatic carbocycles. The van der Waals surface area contributed by atoms with E-state index in [1.165, 1.54) is 0 Å². The van der Waals surface area contributed by atoms with E-state index in [1.54, 1.807) is 23.0 Å². The van der Waals surface area contributed by atoms with Gasteiger partial charge < -0.3 is 9.64 Å². The van der Waals surface area contributed by atoms with Crippen molar-refractivity contribution in [3.05, 3.63) is 42.9 Å². The lowest BCUT2D eigenvalue weighted by Crippen LogP contribution is -2.25. The van der Waals surface area contributed by atoms with E-state index in [0.717, 1.165) is 33.9 Å². The van der Waals surface area contributed by atoms with E-state index in [4.69, 9.17) is 4.74 Å². The molecule has 0 N–H and O–H groups in total. The molecule has 4 rings (SSSR count). The van der Waals surface area contributed by atoms with E-state index >= 15 is 0 Å². The molecule has 8 heteroatoms. The van der Waals surface area contributed by atoms with Gasteiger partial charge in [-0.25, -0.2) is 19.4 Å². The summed E-state index contributed by atoms with van der Waals surface area (Å²) in [5, 5.41) is 6.31. The lowest BCUT2D eigenvalue weighted by atomic mass is 10.3. The maximum absolute atomic E-state index is 11.4. The second kappa shape index (κ2) is 7.10. The predicted molar refractivity (Wildman–Crippen MR) is 94.9 cm³/mol. The number of para-hydroxylation sites is 1. The molecule has 7 nitrogen and oxygen atoms in total. The molecule has 1 amide bonds. The molecule has 0 radical (unpaired) electrons. The Morgan fingerprint density at radius 1 is 1.20 bits per heavy atom. The SMILES string of the molecule is O=C1OCCN1CCCSc1ncnc2c1cnn2-c1ccccc1. The Balaban J connectivity index is 1.45. The van der Waals surface area contributed by atoms with Gasteiger partial charge in [-0.1, -0.05) is 18.2 Å². The van der Waals surface area contributed by atoms with Crippen molar-refractivity contribution in [3.63, 3.8) is 0 Å². The first kappa shape index (κ1) is 15.9. The fourth-order valence-corrected chi connectivity index (χ4v) is 3.64. The summed E-state index contributed by atoms with van der Waals surface area (Å²) >= 11 is 1.66. The Labute approximate surface area is 149 Å². The van der Waals surface area contributed by atoms with Crippen LogP contribution >= 0.6 is 11.8 Å². The number of amides is 1.